The minimum absolute atomic E-state index is 0.368. The van der Waals surface area contributed by atoms with Crippen LogP contribution in [0, 0.1) is 0 Å². The lowest BCUT2D eigenvalue weighted by molar-refractivity contribution is 0.284. The Bertz CT molecular complexity index is 435. The van der Waals surface area contributed by atoms with E-state index in [9.17, 15) is 0 Å². The molecule has 0 amide bonds. The molecular weight excluding hydrogens is 282 g/mol. The summed E-state index contributed by atoms with van der Waals surface area (Å²) in [5.41, 5.74) is 6.41. The van der Waals surface area contributed by atoms with Crippen molar-refractivity contribution in [2.45, 2.75) is 51.9 Å². The van der Waals surface area contributed by atoms with E-state index in [0.717, 1.165) is 24.3 Å². The second-order valence-corrected chi connectivity index (χ2v) is 5.64. The molecule has 0 aliphatic carbocycles. The molecule has 0 aliphatic heterocycles. The molecule has 0 fully saturated rings. The average molecular weight is 309 g/mol. The third-order valence-electron chi connectivity index (χ3n) is 3.45. The zero-order chi connectivity index (χ0) is 15.5. The lowest BCUT2D eigenvalue weighted by Gasteiger charge is -2.11. The minimum Gasteiger partial charge on any atom is -0.493 e. The number of unbranched alkanes of at least 4 members (excludes halogenated alkanes) is 6. The van der Waals surface area contributed by atoms with Gasteiger partial charge in [-0.25, -0.2) is 0 Å². The minimum atomic E-state index is 0.368. The highest BCUT2D eigenvalue weighted by Gasteiger charge is 2.07. The number of benzene rings is 1. The summed E-state index contributed by atoms with van der Waals surface area (Å²) in [6, 6.07) is 5.56. The summed E-state index contributed by atoms with van der Waals surface area (Å²) in [6.07, 6.45) is 8.92. The fourth-order valence-electron chi connectivity index (χ4n) is 2.18. The van der Waals surface area contributed by atoms with Gasteiger partial charge in [-0.1, -0.05) is 57.7 Å². The first-order valence-electron chi connectivity index (χ1n) is 7.79. The van der Waals surface area contributed by atoms with E-state index in [1.165, 1.54) is 38.5 Å². The Labute approximate surface area is 133 Å². The molecule has 1 aromatic rings. The summed E-state index contributed by atoms with van der Waals surface area (Å²) in [5.74, 6) is 1.44. The van der Waals surface area contributed by atoms with Gasteiger partial charge in [0.15, 0.2) is 11.5 Å². The van der Waals surface area contributed by atoms with Crippen molar-refractivity contribution in [3.05, 3.63) is 23.8 Å². The maximum absolute atomic E-state index is 5.78. The van der Waals surface area contributed by atoms with Gasteiger partial charge in [0.1, 0.15) is 4.99 Å². The Hall–Kier alpha value is -1.29. The summed E-state index contributed by atoms with van der Waals surface area (Å²) in [5, 5.41) is 0. The summed E-state index contributed by atoms with van der Waals surface area (Å²) >= 11 is 4.96. The molecule has 1 aromatic carbocycles. The Kier molecular flexibility index (Phi) is 8.83. The monoisotopic (exact) mass is 309 g/mol. The SMILES string of the molecule is CCCCCCCCCOc1ccc(C(N)=S)cc1OC. The van der Waals surface area contributed by atoms with E-state index in [1.54, 1.807) is 7.11 Å². The van der Waals surface area contributed by atoms with Crippen LogP contribution in [0.15, 0.2) is 18.2 Å². The molecule has 0 saturated heterocycles. The smallest absolute Gasteiger partial charge is 0.161 e. The van der Waals surface area contributed by atoms with Crippen LogP contribution in [0.2, 0.25) is 0 Å². The van der Waals surface area contributed by atoms with Gasteiger partial charge in [0, 0.05) is 5.56 Å². The number of ether oxygens (including phenoxy) is 2. The van der Waals surface area contributed by atoms with Crippen LogP contribution < -0.4 is 15.2 Å². The first kappa shape index (κ1) is 17.8. The second kappa shape index (κ2) is 10.4. The van der Waals surface area contributed by atoms with E-state index in [-0.39, 0.29) is 0 Å². The van der Waals surface area contributed by atoms with Gasteiger partial charge in [0.2, 0.25) is 0 Å². The van der Waals surface area contributed by atoms with Crippen LogP contribution in [-0.2, 0) is 0 Å². The maximum Gasteiger partial charge on any atom is 0.161 e. The molecule has 0 saturated carbocycles. The number of rotatable bonds is 11. The average Bonchev–Trinajstić information content (AvgIpc) is 2.49. The van der Waals surface area contributed by atoms with Crippen molar-refractivity contribution in [2.24, 2.45) is 5.73 Å². The molecule has 0 bridgehead atoms. The van der Waals surface area contributed by atoms with Gasteiger partial charge in [-0.2, -0.15) is 0 Å². The number of methoxy groups -OCH3 is 1. The molecule has 0 aliphatic rings. The molecule has 118 valence electrons. The van der Waals surface area contributed by atoms with Crippen LogP contribution in [0.5, 0.6) is 11.5 Å². The van der Waals surface area contributed by atoms with Gasteiger partial charge in [-0.3, -0.25) is 0 Å². The predicted molar refractivity (Wildman–Crippen MR) is 92.4 cm³/mol. The molecule has 3 nitrogen and oxygen atoms in total. The maximum atomic E-state index is 5.78. The third-order valence-corrected chi connectivity index (χ3v) is 3.69. The standard InChI is InChI=1S/C17H27NO2S/c1-3-4-5-6-7-8-9-12-20-15-11-10-14(17(18)21)13-16(15)19-2/h10-11,13H,3-9,12H2,1-2H3,(H2,18,21). The van der Waals surface area contributed by atoms with Crippen LogP contribution in [-0.4, -0.2) is 18.7 Å². The molecule has 4 heteroatoms. The van der Waals surface area contributed by atoms with Gasteiger partial charge in [-0.05, 0) is 24.6 Å². The highest BCUT2D eigenvalue weighted by Crippen LogP contribution is 2.28. The first-order chi connectivity index (χ1) is 10.2. The highest BCUT2D eigenvalue weighted by atomic mass is 32.1. The fraction of sp³-hybridized carbons (Fsp3) is 0.588. The molecule has 1 rings (SSSR count). The van der Waals surface area contributed by atoms with Crippen LogP contribution in [0.4, 0.5) is 0 Å². The molecule has 21 heavy (non-hydrogen) atoms. The number of thiocarbonyl (C=S) groups is 1. The first-order valence-corrected chi connectivity index (χ1v) is 8.20. The van der Waals surface area contributed by atoms with Gasteiger partial charge in [-0.15, -0.1) is 0 Å². The van der Waals surface area contributed by atoms with Gasteiger partial charge >= 0.3 is 0 Å². The van der Waals surface area contributed by atoms with E-state index in [1.807, 2.05) is 18.2 Å². The van der Waals surface area contributed by atoms with Crippen molar-refractivity contribution < 1.29 is 9.47 Å². The number of hydrogen-bond acceptors (Lipinski definition) is 3. The molecule has 2 N–H and O–H groups in total. The largest absolute Gasteiger partial charge is 0.493 e. The molecule has 0 radical (unpaired) electrons. The van der Waals surface area contributed by atoms with E-state index >= 15 is 0 Å². The van der Waals surface area contributed by atoms with Crippen LogP contribution >= 0.6 is 12.2 Å². The molecule has 0 atom stereocenters. The van der Waals surface area contributed by atoms with Crippen LogP contribution in [0.25, 0.3) is 0 Å². The van der Waals surface area contributed by atoms with Crippen molar-refractivity contribution >= 4 is 17.2 Å². The lowest BCUT2D eigenvalue weighted by atomic mass is 10.1. The van der Waals surface area contributed by atoms with Crippen LogP contribution in [0.3, 0.4) is 0 Å². The molecule has 0 spiro atoms. The van der Waals surface area contributed by atoms with Gasteiger partial charge in [0.05, 0.1) is 13.7 Å². The van der Waals surface area contributed by atoms with Gasteiger partial charge < -0.3 is 15.2 Å². The summed E-state index contributed by atoms with van der Waals surface area (Å²) < 4.78 is 11.1. The molecule has 0 aromatic heterocycles. The van der Waals surface area contributed by atoms with Crippen LogP contribution in [0.1, 0.15) is 57.4 Å². The zero-order valence-corrected chi connectivity index (χ0v) is 14.0. The Balaban J connectivity index is 2.30. The second-order valence-electron chi connectivity index (χ2n) is 5.20. The fourth-order valence-corrected chi connectivity index (χ4v) is 2.31. The highest BCUT2D eigenvalue weighted by molar-refractivity contribution is 7.80. The van der Waals surface area contributed by atoms with Crippen molar-refractivity contribution in [1.82, 2.24) is 0 Å². The van der Waals surface area contributed by atoms with Gasteiger partial charge in [0.25, 0.3) is 0 Å². The van der Waals surface area contributed by atoms with Crippen molar-refractivity contribution in [3.8, 4) is 11.5 Å². The Morgan fingerprint density at radius 1 is 1.05 bits per heavy atom. The Morgan fingerprint density at radius 3 is 2.33 bits per heavy atom. The molecular formula is C17H27NO2S. The van der Waals surface area contributed by atoms with E-state index in [0.29, 0.717) is 10.7 Å². The number of nitrogens with two attached hydrogens (primary N) is 1. The quantitative estimate of drug-likeness (QED) is 0.484. The van der Waals surface area contributed by atoms with E-state index in [4.69, 9.17) is 27.4 Å². The van der Waals surface area contributed by atoms with E-state index in [2.05, 4.69) is 6.92 Å². The summed E-state index contributed by atoms with van der Waals surface area (Å²) in [4.78, 5) is 0.368. The number of hydrogen-bond donors (Lipinski definition) is 1. The zero-order valence-electron chi connectivity index (χ0n) is 13.2. The lowest BCUT2D eigenvalue weighted by Crippen LogP contribution is -2.09. The molecule has 0 heterocycles. The molecule has 0 unspecified atom stereocenters. The third kappa shape index (κ3) is 6.80. The van der Waals surface area contributed by atoms with Crippen molar-refractivity contribution in [3.63, 3.8) is 0 Å². The predicted octanol–water partition coefficient (Wildman–Crippen LogP) is 4.46. The normalized spacial score (nSPS) is 10.4. The topological polar surface area (TPSA) is 44.5 Å². The van der Waals surface area contributed by atoms with E-state index < -0.39 is 0 Å². The summed E-state index contributed by atoms with van der Waals surface area (Å²) in [7, 11) is 1.62. The van der Waals surface area contributed by atoms with Crippen molar-refractivity contribution in [2.75, 3.05) is 13.7 Å². The Morgan fingerprint density at radius 2 is 1.71 bits per heavy atom. The van der Waals surface area contributed by atoms with Crippen molar-refractivity contribution in [1.29, 1.82) is 0 Å². The summed E-state index contributed by atoms with van der Waals surface area (Å²) in [6.45, 7) is 2.96.